The lowest BCUT2D eigenvalue weighted by molar-refractivity contribution is 0.584. The Bertz CT molecular complexity index is 186. The quantitative estimate of drug-likeness (QED) is 0.630. The summed E-state index contributed by atoms with van der Waals surface area (Å²) in [5, 5.41) is 10.8. The van der Waals surface area contributed by atoms with Crippen molar-refractivity contribution in [3.8, 4) is 0 Å². The zero-order valence-electron chi connectivity index (χ0n) is 5.69. The summed E-state index contributed by atoms with van der Waals surface area (Å²) in [5.41, 5.74) is 5.27. The predicted molar refractivity (Wildman–Crippen MR) is 38.9 cm³/mol. The summed E-state index contributed by atoms with van der Waals surface area (Å²) in [7, 11) is 0. The van der Waals surface area contributed by atoms with Gasteiger partial charge in [-0.3, -0.25) is 0 Å². The molecule has 0 saturated carbocycles. The molecule has 1 rings (SSSR count). The highest BCUT2D eigenvalue weighted by Crippen LogP contribution is 1.84. The van der Waals surface area contributed by atoms with Gasteiger partial charge in [-0.25, -0.2) is 4.68 Å². The Labute approximate surface area is 65.0 Å². The fourth-order valence-electron chi connectivity index (χ4n) is 0.578. The lowest BCUT2D eigenvalue weighted by atomic mass is 10.6. The van der Waals surface area contributed by atoms with Gasteiger partial charge >= 0.3 is 0 Å². The van der Waals surface area contributed by atoms with Gasteiger partial charge in [0, 0.05) is 6.54 Å². The topological polar surface area (TPSA) is 69.6 Å². The summed E-state index contributed by atoms with van der Waals surface area (Å²) >= 11 is 0. The van der Waals surface area contributed by atoms with Crippen LogP contribution in [0.1, 0.15) is 5.82 Å². The van der Waals surface area contributed by atoms with Crippen LogP contribution >= 0.6 is 12.4 Å². The van der Waals surface area contributed by atoms with Gasteiger partial charge in [-0.1, -0.05) is 0 Å². The van der Waals surface area contributed by atoms with Crippen molar-refractivity contribution in [2.75, 3.05) is 6.54 Å². The Morgan fingerprint density at radius 2 is 2.30 bits per heavy atom. The number of halogens is 1. The Morgan fingerprint density at radius 1 is 1.60 bits per heavy atom. The minimum atomic E-state index is 0. The van der Waals surface area contributed by atoms with Gasteiger partial charge in [-0.05, 0) is 17.4 Å². The van der Waals surface area contributed by atoms with Crippen LogP contribution in [0.4, 0.5) is 0 Å². The molecule has 1 aromatic rings. The molecule has 0 radical (unpaired) electrons. The third kappa shape index (κ3) is 1.93. The largest absolute Gasteiger partial charge is 0.329 e. The second kappa shape index (κ2) is 4.19. The highest BCUT2D eigenvalue weighted by atomic mass is 35.5. The van der Waals surface area contributed by atoms with E-state index in [0.29, 0.717) is 13.1 Å². The second-order valence-electron chi connectivity index (χ2n) is 1.74. The van der Waals surface area contributed by atoms with E-state index in [1.54, 1.807) is 4.68 Å². The summed E-state index contributed by atoms with van der Waals surface area (Å²) < 4.78 is 1.67. The van der Waals surface area contributed by atoms with Crippen LogP contribution in [0.15, 0.2) is 0 Å². The van der Waals surface area contributed by atoms with Crippen molar-refractivity contribution >= 4 is 12.4 Å². The first-order chi connectivity index (χ1) is 4.34. The molecule has 1 heterocycles. The molecule has 0 amide bonds. The Hall–Kier alpha value is -0.680. The number of aryl methyl sites for hydroxylation is 1. The molecule has 0 aliphatic heterocycles. The van der Waals surface area contributed by atoms with E-state index in [1.165, 1.54) is 0 Å². The van der Waals surface area contributed by atoms with Gasteiger partial charge in [0.1, 0.15) is 5.82 Å². The number of aromatic nitrogens is 4. The highest BCUT2D eigenvalue weighted by Gasteiger charge is 1.95. The van der Waals surface area contributed by atoms with Crippen molar-refractivity contribution < 1.29 is 0 Å². The first-order valence-corrected chi connectivity index (χ1v) is 2.77. The summed E-state index contributed by atoms with van der Waals surface area (Å²) in [6, 6.07) is 0. The molecule has 10 heavy (non-hydrogen) atoms. The standard InChI is InChI=1S/C4H9N5.ClH/c1-4-6-7-8-9(4)3-2-5;/h2-3,5H2,1H3;1H. The van der Waals surface area contributed by atoms with Crippen LogP contribution < -0.4 is 5.73 Å². The number of rotatable bonds is 2. The summed E-state index contributed by atoms with van der Waals surface area (Å²) in [6.45, 7) is 3.11. The molecule has 0 unspecified atom stereocenters. The van der Waals surface area contributed by atoms with E-state index in [4.69, 9.17) is 5.73 Å². The fraction of sp³-hybridized carbons (Fsp3) is 0.750. The van der Waals surface area contributed by atoms with Crippen molar-refractivity contribution in [3.63, 3.8) is 0 Å². The minimum Gasteiger partial charge on any atom is -0.329 e. The van der Waals surface area contributed by atoms with E-state index in [1.807, 2.05) is 6.92 Å². The van der Waals surface area contributed by atoms with E-state index >= 15 is 0 Å². The molecule has 0 aromatic carbocycles. The Balaban J connectivity index is 0.000000810. The molecule has 0 aliphatic rings. The normalized spacial score (nSPS) is 9.00. The molecule has 0 atom stereocenters. The van der Waals surface area contributed by atoms with E-state index in [0.717, 1.165) is 5.82 Å². The maximum Gasteiger partial charge on any atom is 0.148 e. The van der Waals surface area contributed by atoms with Gasteiger partial charge < -0.3 is 5.73 Å². The smallest absolute Gasteiger partial charge is 0.148 e. The van der Waals surface area contributed by atoms with Gasteiger partial charge in [-0.15, -0.1) is 17.5 Å². The molecule has 6 heteroatoms. The number of tetrazole rings is 1. The minimum absolute atomic E-state index is 0. The maximum absolute atomic E-state index is 5.27. The van der Waals surface area contributed by atoms with Crippen LogP contribution in [0.5, 0.6) is 0 Å². The Kier molecular flexibility index (Phi) is 3.90. The molecule has 0 spiro atoms. The average molecular weight is 164 g/mol. The summed E-state index contributed by atoms with van der Waals surface area (Å²) in [5.74, 6) is 0.806. The van der Waals surface area contributed by atoms with Crippen LogP contribution in [-0.2, 0) is 6.54 Å². The average Bonchev–Trinajstić information content (AvgIpc) is 2.18. The molecule has 0 bridgehead atoms. The van der Waals surface area contributed by atoms with Crippen LogP contribution in [-0.4, -0.2) is 26.8 Å². The van der Waals surface area contributed by atoms with Gasteiger partial charge in [0.25, 0.3) is 0 Å². The van der Waals surface area contributed by atoms with Crippen molar-refractivity contribution in [3.05, 3.63) is 5.82 Å². The highest BCUT2D eigenvalue weighted by molar-refractivity contribution is 5.85. The lowest BCUT2D eigenvalue weighted by Crippen LogP contribution is -2.12. The third-order valence-electron chi connectivity index (χ3n) is 1.05. The number of nitrogens with two attached hydrogens (primary N) is 1. The fourth-order valence-corrected chi connectivity index (χ4v) is 0.578. The van der Waals surface area contributed by atoms with Crippen molar-refractivity contribution in [1.29, 1.82) is 0 Å². The molecule has 58 valence electrons. The second-order valence-corrected chi connectivity index (χ2v) is 1.74. The van der Waals surface area contributed by atoms with Gasteiger partial charge in [0.2, 0.25) is 0 Å². The molecule has 0 saturated heterocycles. The molecular weight excluding hydrogens is 154 g/mol. The molecule has 0 fully saturated rings. The first kappa shape index (κ1) is 9.32. The summed E-state index contributed by atoms with van der Waals surface area (Å²) in [6.07, 6.45) is 0. The Morgan fingerprint density at radius 3 is 2.70 bits per heavy atom. The number of nitrogens with zero attached hydrogens (tertiary/aromatic N) is 4. The van der Waals surface area contributed by atoms with Crippen molar-refractivity contribution in [2.24, 2.45) is 5.73 Å². The van der Waals surface area contributed by atoms with E-state index in [9.17, 15) is 0 Å². The summed E-state index contributed by atoms with van der Waals surface area (Å²) in [4.78, 5) is 0. The monoisotopic (exact) mass is 163 g/mol. The van der Waals surface area contributed by atoms with Crippen molar-refractivity contribution in [2.45, 2.75) is 13.5 Å². The SMILES string of the molecule is Cc1nnnn1CCN.Cl. The molecular formula is C4H10ClN5. The van der Waals surface area contributed by atoms with Gasteiger partial charge in [0.05, 0.1) is 6.54 Å². The molecule has 1 aromatic heterocycles. The predicted octanol–water partition coefficient (Wildman–Crippen LogP) is -0.638. The molecule has 5 nitrogen and oxygen atoms in total. The van der Waals surface area contributed by atoms with Crippen molar-refractivity contribution in [1.82, 2.24) is 20.2 Å². The molecule has 0 aliphatic carbocycles. The third-order valence-corrected chi connectivity index (χ3v) is 1.05. The van der Waals surface area contributed by atoms with Crippen LogP contribution in [0.2, 0.25) is 0 Å². The van der Waals surface area contributed by atoms with E-state index in [2.05, 4.69) is 15.5 Å². The molecule has 2 N–H and O–H groups in total. The van der Waals surface area contributed by atoms with Crippen LogP contribution in [0.3, 0.4) is 0 Å². The number of hydrogen-bond donors (Lipinski definition) is 1. The van der Waals surface area contributed by atoms with Gasteiger partial charge in [-0.2, -0.15) is 0 Å². The van der Waals surface area contributed by atoms with Gasteiger partial charge in [0.15, 0.2) is 0 Å². The number of hydrogen-bond acceptors (Lipinski definition) is 4. The van der Waals surface area contributed by atoms with Crippen LogP contribution in [0.25, 0.3) is 0 Å². The lowest BCUT2D eigenvalue weighted by Gasteiger charge is -1.94. The van der Waals surface area contributed by atoms with E-state index < -0.39 is 0 Å². The van der Waals surface area contributed by atoms with E-state index in [-0.39, 0.29) is 12.4 Å². The maximum atomic E-state index is 5.27. The zero-order valence-corrected chi connectivity index (χ0v) is 6.51. The first-order valence-electron chi connectivity index (χ1n) is 2.77. The van der Waals surface area contributed by atoms with Crippen LogP contribution in [0, 0.1) is 6.92 Å². The zero-order chi connectivity index (χ0) is 6.69.